The number of furan rings is 1. The largest absolute Gasteiger partial charge is 0.493 e. The van der Waals surface area contributed by atoms with Crippen molar-refractivity contribution in [3.8, 4) is 5.75 Å². The van der Waals surface area contributed by atoms with E-state index in [-0.39, 0.29) is 0 Å². The molecular weight excluding hydrogens is 326 g/mol. The van der Waals surface area contributed by atoms with Crippen LogP contribution in [0.3, 0.4) is 0 Å². The molecule has 2 aromatic rings. The minimum atomic E-state index is -0.931. The second-order valence-corrected chi connectivity index (χ2v) is 5.51. The summed E-state index contributed by atoms with van der Waals surface area (Å²) in [5, 5.41) is 14.8. The Balaban J connectivity index is 2.33. The third-order valence-corrected chi connectivity index (χ3v) is 3.63. The molecule has 1 N–H and O–H groups in total. The van der Waals surface area contributed by atoms with Crippen LogP contribution in [-0.2, 0) is 6.54 Å². The Bertz CT molecular complexity index is 565. The molecule has 0 saturated heterocycles. The number of hydrogen-bond donors (Lipinski definition) is 1. The van der Waals surface area contributed by atoms with Gasteiger partial charge in [-0.3, -0.25) is 4.68 Å². The summed E-state index contributed by atoms with van der Waals surface area (Å²) in [7, 11) is 5.53. The Hall–Kier alpha value is -1.31. The first-order valence-electron chi connectivity index (χ1n) is 6.20. The Morgan fingerprint density at radius 1 is 1.55 bits per heavy atom. The predicted octanol–water partition coefficient (Wildman–Crippen LogP) is 1.89. The molecule has 7 heteroatoms. The molecule has 0 aliphatic rings. The van der Waals surface area contributed by atoms with E-state index in [0.29, 0.717) is 28.2 Å². The van der Waals surface area contributed by atoms with Crippen molar-refractivity contribution in [1.82, 2.24) is 14.7 Å². The fraction of sp³-hybridized carbons (Fsp3) is 0.462. The molecule has 20 heavy (non-hydrogen) atoms. The lowest BCUT2D eigenvalue weighted by atomic mass is 10.2. The number of aliphatic hydroxyl groups excluding tert-OH is 1. The number of hydrogen-bond acceptors (Lipinski definition) is 5. The monoisotopic (exact) mass is 343 g/mol. The average molecular weight is 344 g/mol. The van der Waals surface area contributed by atoms with Crippen LogP contribution in [0.2, 0.25) is 0 Å². The molecule has 0 radical (unpaired) electrons. The second-order valence-electron chi connectivity index (χ2n) is 4.66. The third kappa shape index (κ3) is 3.05. The van der Waals surface area contributed by atoms with Gasteiger partial charge in [-0.2, -0.15) is 5.10 Å². The van der Waals surface area contributed by atoms with Gasteiger partial charge in [-0.05, 0) is 36.1 Å². The number of likely N-dealkylation sites (N-methyl/N-ethyl adjacent to an activating group) is 1. The molecule has 0 fully saturated rings. The van der Waals surface area contributed by atoms with E-state index in [4.69, 9.17) is 9.15 Å². The Morgan fingerprint density at radius 2 is 2.30 bits per heavy atom. The molecule has 2 heterocycles. The topological polar surface area (TPSA) is 63.7 Å². The zero-order valence-corrected chi connectivity index (χ0v) is 13.3. The van der Waals surface area contributed by atoms with E-state index in [1.54, 1.807) is 24.1 Å². The summed E-state index contributed by atoms with van der Waals surface area (Å²) in [6.07, 6.45) is 2.19. The molecule has 2 rings (SSSR count). The highest BCUT2D eigenvalue weighted by Crippen LogP contribution is 2.34. The maximum absolute atomic E-state index is 10.5. The molecule has 0 aliphatic carbocycles. The maximum Gasteiger partial charge on any atom is 0.163 e. The van der Waals surface area contributed by atoms with E-state index in [2.05, 4.69) is 21.0 Å². The minimum Gasteiger partial charge on any atom is -0.493 e. The number of halogens is 1. The number of aliphatic hydroxyl groups is 1. The minimum absolute atomic E-state index is 0.440. The van der Waals surface area contributed by atoms with E-state index in [0.717, 1.165) is 6.54 Å². The van der Waals surface area contributed by atoms with Crippen molar-refractivity contribution in [2.24, 2.45) is 0 Å². The number of aromatic nitrogens is 2. The van der Waals surface area contributed by atoms with Gasteiger partial charge >= 0.3 is 0 Å². The first-order valence-corrected chi connectivity index (χ1v) is 6.99. The van der Waals surface area contributed by atoms with Gasteiger partial charge in [0.15, 0.2) is 17.6 Å². The molecule has 0 amide bonds. The zero-order valence-electron chi connectivity index (χ0n) is 11.7. The van der Waals surface area contributed by atoms with Crippen LogP contribution in [-0.4, -0.2) is 47.5 Å². The summed E-state index contributed by atoms with van der Waals surface area (Å²) in [4.78, 5) is 2.05. The lowest BCUT2D eigenvalue weighted by Gasteiger charge is -2.15. The second kappa shape index (κ2) is 6.43. The molecule has 0 saturated carbocycles. The summed E-state index contributed by atoms with van der Waals surface area (Å²) in [5.41, 5.74) is 0.588. The highest BCUT2D eigenvalue weighted by Gasteiger charge is 2.25. The highest BCUT2D eigenvalue weighted by molar-refractivity contribution is 9.10. The van der Waals surface area contributed by atoms with Gasteiger partial charge in [0.05, 0.1) is 30.6 Å². The van der Waals surface area contributed by atoms with Crippen molar-refractivity contribution in [3.63, 3.8) is 0 Å². The smallest absolute Gasteiger partial charge is 0.163 e. The number of nitrogens with zero attached hydrogens (tertiary/aromatic N) is 3. The molecule has 0 aliphatic heterocycles. The van der Waals surface area contributed by atoms with E-state index in [1.165, 1.54) is 6.26 Å². The number of ether oxygens (including phenoxy) is 1. The van der Waals surface area contributed by atoms with Crippen molar-refractivity contribution in [3.05, 3.63) is 34.5 Å². The van der Waals surface area contributed by atoms with Crippen LogP contribution in [0, 0.1) is 0 Å². The van der Waals surface area contributed by atoms with Crippen molar-refractivity contribution in [1.29, 1.82) is 0 Å². The third-order valence-electron chi connectivity index (χ3n) is 2.98. The molecule has 1 atom stereocenters. The van der Waals surface area contributed by atoms with E-state index in [9.17, 15) is 5.11 Å². The standard InChI is InChI=1S/C13H18BrN3O3/c1-16(2)5-6-17-11(10(19-3)8-15-17)12(18)13-9(14)4-7-20-13/h4,7-8,12,18H,5-6H2,1-3H3. The highest BCUT2D eigenvalue weighted by atomic mass is 79.9. The average Bonchev–Trinajstić information content (AvgIpc) is 3.01. The van der Waals surface area contributed by atoms with Crippen LogP contribution in [0.25, 0.3) is 0 Å². The van der Waals surface area contributed by atoms with Crippen LogP contribution in [0.1, 0.15) is 17.6 Å². The van der Waals surface area contributed by atoms with Crippen molar-refractivity contribution < 1.29 is 14.3 Å². The van der Waals surface area contributed by atoms with Crippen LogP contribution >= 0.6 is 15.9 Å². The summed E-state index contributed by atoms with van der Waals surface area (Å²) >= 11 is 3.35. The summed E-state index contributed by atoms with van der Waals surface area (Å²) < 4.78 is 13.1. The Kier molecular flexibility index (Phi) is 4.85. The summed E-state index contributed by atoms with van der Waals surface area (Å²) in [6, 6.07) is 1.74. The molecule has 0 bridgehead atoms. The summed E-state index contributed by atoms with van der Waals surface area (Å²) in [6.45, 7) is 1.46. The van der Waals surface area contributed by atoms with E-state index in [1.807, 2.05) is 19.0 Å². The Morgan fingerprint density at radius 3 is 2.85 bits per heavy atom. The van der Waals surface area contributed by atoms with E-state index >= 15 is 0 Å². The first kappa shape index (κ1) is 15.1. The van der Waals surface area contributed by atoms with Gasteiger partial charge in [0.25, 0.3) is 0 Å². The molecule has 0 aromatic carbocycles. The Labute approximate surface area is 126 Å². The molecule has 0 spiro atoms. The van der Waals surface area contributed by atoms with Gasteiger partial charge in [0.2, 0.25) is 0 Å². The summed E-state index contributed by atoms with van der Waals surface area (Å²) in [5.74, 6) is 0.981. The van der Waals surface area contributed by atoms with Crippen molar-refractivity contribution in [2.75, 3.05) is 27.7 Å². The lowest BCUT2D eigenvalue weighted by Crippen LogP contribution is -2.21. The molecular formula is C13H18BrN3O3. The quantitative estimate of drug-likeness (QED) is 0.867. The van der Waals surface area contributed by atoms with Gasteiger partial charge in [-0.25, -0.2) is 0 Å². The van der Waals surface area contributed by atoms with Crippen molar-refractivity contribution >= 4 is 15.9 Å². The van der Waals surface area contributed by atoms with Gasteiger partial charge in [-0.1, -0.05) is 0 Å². The van der Waals surface area contributed by atoms with E-state index < -0.39 is 6.10 Å². The normalized spacial score (nSPS) is 12.9. The SMILES string of the molecule is COc1cnn(CCN(C)C)c1C(O)c1occc1Br. The van der Waals surface area contributed by atoms with Crippen LogP contribution < -0.4 is 4.74 Å². The van der Waals surface area contributed by atoms with Crippen molar-refractivity contribution in [2.45, 2.75) is 12.6 Å². The van der Waals surface area contributed by atoms with Gasteiger partial charge in [-0.15, -0.1) is 0 Å². The fourth-order valence-electron chi connectivity index (χ4n) is 1.91. The number of rotatable bonds is 6. The maximum atomic E-state index is 10.5. The molecule has 2 aromatic heterocycles. The molecule has 1 unspecified atom stereocenters. The lowest BCUT2D eigenvalue weighted by molar-refractivity contribution is 0.171. The first-order chi connectivity index (χ1) is 9.54. The molecule has 110 valence electrons. The van der Waals surface area contributed by atoms with Crippen LogP contribution in [0.15, 0.2) is 27.4 Å². The van der Waals surface area contributed by atoms with Gasteiger partial charge in [0, 0.05) is 6.54 Å². The van der Waals surface area contributed by atoms with Gasteiger partial charge in [0.1, 0.15) is 5.69 Å². The van der Waals surface area contributed by atoms with Gasteiger partial charge < -0.3 is 19.2 Å². The fourth-order valence-corrected chi connectivity index (χ4v) is 2.33. The predicted molar refractivity (Wildman–Crippen MR) is 77.8 cm³/mol. The van der Waals surface area contributed by atoms with Crippen LogP contribution in [0.5, 0.6) is 5.75 Å². The zero-order chi connectivity index (χ0) is 14.7. The number of methoxy groups -OCH3 is 1. The van der Waals surface area contributed by atoms with Crippen LogP contribution in [0.4, 0.5) is 0 Å². The molecule has 6 nitrogen and oxygen atoms in total.